The Hall–Kier alpha value is -2.84. The van der Waals surface area contributed by atoms with Gasteiger partial charge in [0, 0.05) is 39.3 Å². The smallest absolute Gasteiger partial charge is 0.0701 e. The van der Waals surface area contributed by atoms with E-state index in [1.54, 1.807) is 0 Å². The Labute approximate surface area is 238 Å². The second-order valence-corrected chi connectivity index (χ2v) is 10.4. The lowest BCUT2D eigenvalue weighted by Crippen LogP contribution is -2.32. The molecule has 6 nitrogen and oxygen atoms in total. The van der Waals surface area contributed by atoms with Crippen LogP contribution in [0.15, 0.2) is 84.9 Å². The zero-order valence-electron chi connectivity index (χ0n) is 23.5. The molecule has 1 aliphatic rings. The maximum Gasteiger partial charge on any atom is 0.0701 e. The van der Waals surface area contributed by atoms with E-state index in [-0.39, 0.29) is 0 Å². The number of nitrogens with zero attached hydrogens (tertiary/aromatic N) is 2. The van der Waals surface area contributed by atoms with Crippen molar-refractivity contribution < 1.29 is 18.9 Å². The van der Waals surface area contributed by atoms with Crippen LogP contribution in [0.4, 0.5) is 0 Å². The Morgan fingerprint density at radius 3 is 1.12 bits per heavy atom. The SMILES string of the molecule is c1ccc2cc(CN3CCOCCOCCN(Cc4ccc5ccccc5c4)CCOCCOCC3)ccc2c1. The lowest BCUT2D eigenvalue weighted by molar-refractivity contribution is 0.00625. The number of benzene rings is 4. The second-order valence-electron chi connectivity index (χ2n) is 10.4. The molecular weight excluding hydrogens is 500 g/mol. The molecule has 0 amide bonds. The average molecular weight is 543 g/mol. The molecule has 0 N–H and O–H groups in total. The molecule has 5 rings (SSSR count). The molecule has 4 aromatic rings. The van der Waals surface area contributed by atoms with Gasteiger partial charge in [-0.05, 0) is 44.8 Å². The third-order valence-electron chi connectivity index (χ3n) is 7.39. The van der Waals surface area contributed by atoms with Crippen LogP contribution in [-0.2, 0) is 32.0 Å². The van der Waals surface area contributed by atoms with Crippen molar-refractivity contribution in [1.82, 2.24) is 9.80 Å². The van der Waals surface area contributed by atoms with Crippen LogP contribution in [0.5, 0.6) is 0 Å². The Kier molecular flexibility index (Phi) is 11.3. The van der Waals surface area contributed by atoms with Crippen LogP contribution in [0.1, 0.15) is 11.1 Å². The quantitative estimate of drug-likeness (QED) is 0.345. The first-order chi connectivity index (χ1) is 19.8. The third-order valence-corrected chi connectivity index (χ3v) is 7.39. The molecule has 0 spiro atoms. The molecular formula is C34H42N2O4. The monoisotopic (exact) mass is 542 g/mol. The fourth-order valence-corrected chi connectivity index (χ4v) is 5.15. The van der Waals surface area contributed by atoms with Gasteiger partial charge in [0.15, 0.2) is 0 Å². The minimum absolute atomic E-state index is 0.605. The molecule has 212 valence electrons. The van der Waals surface area contributed by atoms with E-state index < -0.39 is 0 Å². The number of ether oxygens (including phenoxy) is 4. The normalized spacial score (nSPS) is 18.4. The highest BCUT2D eigenvalue weighted by atomic mass is 16.5. The van der Waals surface area contributed by atoms with Crippen molar-refractivity contribution in [3.8, 4) is 0 Å². The Morgan fingerprint density at radius 1 is 0.400 bits per heavy atom. The predicted octanol–water partition coefficient (Wildman–Crippen LogP) is 5.38. The molecule has 0 radical (unpaired) electrons. The van der Waals surface area contributed by atoms with Crippen molar-refractivity contribution in [3.63, 3.8) is 0 Å². The zero-order chi connectivity index (χ0) is 27.2. The molecule has 1 saturated heterocycles. The minimum Gasteiger partial charge on any atom is -0.378 e. The summed E-state index contributed by atoms with van der Waals surface area (Å²) in [6.07, 6.45) is 0. The second kappa shape index (κ2) is 15.8. The molecule has 1 aliphatic heterocycles. The molecule has 0 aliphatic carbocycles. The fourth-order valence-electron chi connectivity index (χ4n) is 5.15. The Balaban J connectivity index is 1.10. The minimum atomic E-state index is 0.605. The predicted molar refractivity (Wildman–Crippen MR) is 162 cm³/mol. The summed E-state index contributed by atoms with van der Waals surface area (Å²) in [6, 6.07) is 30.4. The van der Waals surface area contributed by atoms with Crippen LogP contribution in [0.25, 0.3) is 21.5 Å². The fraction of sp³-hybridized carbons (Fsp3) is 0.412. The Bertz CT molecular complexity index is 1190. The van der Waals surface area contributed by atoms with Crippen LogP contribution < -0.4 is 0 Å². The lowest BCUT2D eigenvalue weighted by Gasteiger charge is -2.24. The molecule has 0 bridgehead atoms. The molecule has 1 heterocycles. The van der Waals surface area contributed by atoms with Gasteiger partial charge in [-0.25, -0.2) is 0 Å². The molecule has 1 fully saturated rings. The summed E-state index contributed by atoms with van der Waals surface area (Å²) in [5, 5.41) is 5.10. The maximum atomic E-state index is 5.94. The average Bonchev–Trinajstić information content (AvgIpc) is 2.98. The standard InChI is InChI=1S/C34H42N2O4/c1-3-7-33-25-29(9-11-31(33)5-1)27-35-13-17-37-21-23-39-19-15-36(16-20-40-24-22-38-18-14-35)28-30-10-12-32-6-2-4-8-34(32)26-30/h1-12,25-26H,13-24,27-28H2. The van der Waals surface area contributed by atoms with E-state index in [2.05, 4.69) is 94.7 Å². The van der Waals surface area contributed by atoms with Gasteiger partial charge < -0.3 is 18.9 Å². The van der Waals surface area contributed by atoms with Gasteiger partial charge in [0.05, 0.1) is 52.9 Å². The molecule has 0 unspecified atom stereocenters. The molecule has 0 saturated carbocycles. The van der Waals surface area contributed by atoms with Crippen molar-refractivity contribution in [1.29, 1.82) is 0 Å². The van der Waals surface area contributed by atoms with E-state index in [1.165, 1.54) is 32.7 Å². The van der Waals surface area contributed by atoms with Gasteiger partial charge in [-0.15, -0.1) is 0 Å². The van der Waals surface area contributed by atoms with Crippen molar-refractivity contribution in [2.45, 2.75) is 13.1 Å². The van der Waals surface area contributed by atoms with Crippen LogP contribution in [0, 0.1) is 0 Å². The van der Waals surface area contributed by atoms with Gasteiger partial charge in [-0.2, -0.15) is 0 Å². The summed E-state index contributed by atoms with van der Waals surface area (Å²) < 4.78 is 23.8. The topological polar surface area (TPSA) is 43.4 Å². The van der Waals surface area contributed by atoms with Gasteiger partial charge in [0.2, 0.25) is 0 Å². The van der Waals surface area contributed by atoms with E-state index in [1.807, 2.05) is 0 Å². The first kappa shape index (κ1) is 28.7. The van der Waals surface area contributed by atoms with E-state index in [0.29, 0.717) is 52.9 Å². The van der Waals surface area contributed by atoms with E-state index >= 15 is 0 Å². The first-order valence-electron chi connectivity index (χ1n) is 14.5. The number of rotatable bonds is 4. The van der Waals surface area contributed by atoms with Gasteiger partial charge in [0.1, 0.15) is 0 Å². The molecule has 4 aromatic carbocycles. The van der Waals surface area contributed by atoms with E-state index in [4.69, 9.17) is 18.9 Å². The van der Waals surface area contributed by atoms with Crippen molar-refractivity contribution in [2.75, 3.05) is 79.0 Å². The molecule has 0 atom stereocenters. The van der Waals surface area contributed by atoms with Crippen molar-refractivity contribution in [3.05, 3.63) is 96.1 Å². The van der Waals surface area contributed by atoms with E-state index in [0.717, 1.165) is 39.3 Å². The van der Waals surface area contributed by atoms with Gasteiger partial charge in [-0.1, -0.05) is 72.8 Å². The molecule has 6 heteroatoms. The van der Waals surface area contributed by atoms with Crippen molar-refractivity contribution >= 4 is 21.5 Å². The van der Waals surface area contributed by atoms with Gasteiger partial charge in [0.25, 0.3) is 0 Å². The zero-order valence-corrected chi connectivity index (χ0v) is 23.5. The van der Waals surface area contributed by atoms with Gasteiger partial charge in [-0.3, -0.25) is 9.80 Å². The summed E-state index contributed by atoms with van der Waals surface area (Å²) in [5.74, 6) is 0. The summed E-state index contributed by atoms with van der Waals surface area (Å²) >= 11 is 0. The maximum absolute atomic E-state index is 5.94. The highest BCUT2D eigenvalue weighted by Gasteiger charge is 2.10. The third kappa shape index (κ3) is 9.10. The number of hydrogen-bond acceptors (Lipinski definition) is 6. The van der Waals surface area contributed by atoms with Crippen LogP contribution >= 0.6 is 0 Å². The molecule has 40 heavy (non-hydrogen) atoms. The summed E-state index contributed by atoms with van der Waals surface area (Å²) in [5.41, 5.74) is 2.61. The highest BCUT2D eigenvalue weighted by Crippen LogP contribution is 2.18. The van der Waals surface area contributed by atoms with Crippen LogP contribution in [0.3, 0.4) is 0 Å². The lowest BCUT2D eigenvalue weighted by atomic mass is 10.1. The molecule has 0 aromatic heterocycles. The summed E-state index contributed by atoms with van der Waals surface area (Å²) in [7, 11) is 0. The Morgan fingerprint density at radius 2 is 0.750 bits per heavy atom. The summed E-state index contributed by atoms with van der Waals surface area (Å²) in [6.45, 7) is 10.3. The highest BCUT2D eigenvalue weighted by molar-refractivity contribution is 5.83. The van der Waals surface area contributed by atoms with E-state index in [9.17, 15) is 0 Å². The summed E-state index contributed by atoms with van der Waals surface area (Å²) in [4.78, 5) is 4.80. The first-order valence-corrected chi connectivity index (χ1v) is 14.5. The van der Waals surface area contributed by atoms with Crippen LogP contribution in [-0.4, -0.2) is 88.8 Å². The largest absolute Gasteiger partial charge is 0.378 e. The number of fused-ring (bicyclic) bond motifs is 2. The van der Waals surface area contributed by atoms with Crippen molar-refractivity contribution in [2.24, 2.45) is 0 Å². The van der Waals surface area contributed by atoms with Gasteiger partial charge >= 0.3 is 0 Å². The number of hydrogen-bond donors (Lipinski definition) is 0. The van der Waals surface area contributed by atoms with Crippen LogP contribution in [0.2, 0.25) is 0 Å².